The van der Waals surface area contributed by atoms with Crippen molar-refractivity contribution < 1.29 is 22.4 Å². The molecule has 0 atom stereocenters. The number of carbonyl (C=O) groups excluding carboxylic acids is 1. The van der Waals surface area contributed by atoms with Gasteiger partial charge >= 0.3 is 12.1 Å². The highest BCUT2D eigenvalue weighted by Crippen LogP contribution is 2.43. The molecule has 1 fully saturated rings. The number of pyridine rings is 1. The first-order valence-electron chi connectivity index (χ1n) is 13.9. The normalized spacial score (nSPS) is 17.5. The largest absolute Gasteiger partial charge is 0.470 e. The predicted octanol–water partition coefficient (Wildman–Crippen LogP) is 4.70. The van der Waals surface area contributed by atoms with Gasteiger partial charge in [0, 0.05) is 37.6 Å². The molecule has 5 rings (SSSR count). The zero-order chi connectivity index (χ0) is 30.4. The molecule has 14 heteroatoms. The molecule has 1 amide bonds. The average Bonchev–Trinajstić information content (AvgIpc) is 3.52. The number of amides is 1. The zero-order valence-corrected chi connectivity index (χ0v) is 24.6. The summed E-state index contributed by atoms with van der Waals surface area (Å²) < 4.78 is 44.2. The van der Waals surface area contributed by atoms with Crippen LogP contribution in [0.4, 0.5) is 30.5 Å². The molecular weight excluding hydrogens is 551 g/mol. The molecule has 0 aromatic carbocycles. The summed E-state index contributed by atoms with van der Waals surface area (Å²) in [6.45, 7) is 12.9. The lowest BCUT2D eigenvalue weighted by Crippen LogP contribution is -2.40. The standard InChI is InChI=1S/C28H36F3N9O2/c1-26(2,3)39(6)14-11-32-17-7-8-18(23-37-38-25(42-23)28(29,30)31)35-20(17)16-9-12-40(13-10-16)22-19-21(33-15-34-22)36-24(41)27(19,4)5/h7-8,15-16,32H,9-14H2,1-6H3,(H,33,34,36,41). The summed E-state index contributed by atoms with van der Waals surface area (Å²) in [6.07, 6.45) is -1.85. The molecule has 3 aromatic heterocycles. The van der Waals surface area contributed by atoms with Gasteiger partial charge in [0.15, 0.2) is 0 Å². The summed E-state index contributed by atoms with van der Waals surface area (Å²) in [6, 6.07) is 3.41. The third-order valence-electron chi connectivity index (χ3n) is 8.15. The number of carbonyl (C=O) groups is 1. The van der Waals surface area contributed by atoms with Gasteiger partial charge in [0.2, 0.25) is 5.91 Å². The number of halogens is 3. The molecule has 0 bridgehead atoms. The maximum atomic E-state index is 13.1. The molecule has 42 heavy (non-hydrogen) atoms. The van der Waals surface area contributed by atoms with Crippen LogP contribution in [0.15, 0.2) is 22.9 Å². The Morgan fingerprint density at radius 1 is 1.14 bits per heavy atom. The average molecular weight is 588 g/mol. The first kappa shape index (κ1) is 29.7. The SMILES string of the molecule is CN(CCNc1ccc(-c2nnc(C(F)(F)F)o2)nc1C1CCN(c2ncnc3c2C(C)(C)C(=O)N3)CC1)C(C)(C)C. The number of rotatable bonds is 7. The van der Waals surface area contributed by atoms with Crippen molar-refractivity contribution in [1.82, 2.24) is 30.0 Å². The van der Waals surface area contributed by atoms with Crippen LogP contribution in [0.5, 0.6) is 0 Å². The lowest BCUT2D eigenvalue weighted by molar-refractivity contribution is -0.157. The summed E-state index contributed by atoms with van der Waals surface area (Å²) in [7, 11) is 2.06. The van der Waals surface area contributed by atoms with E-state index >= 15 is 0 Å². The van der Waals surface area contributed by atoms with Crippen LogP contribution in [0.3, 0.4) is 0 Å². The van der Waals surface area contributed by atoms with E-state index < -0.39 is 17.5 Å². The number of nitrogens with one attached hydrogen (secondary N) is 2. The molecule has 2 aliphatic rings. The van der Waals surface area contributed by atoms with Crippen LogP contribution in [0, 0.1) is 0 Å². The minimum atomic E-state index is -4.74. The van der Waals surface area contributed by atoms with Crippen LogP contribution >= 0.6 is 0 Å². The molecule has 0 aliphatic carbocycles. The van der Waals surface area contributed by atoms with Crippen molar-refractivity contribution in [1.29, 1.82) is 0 Å². The van der Waals surface area contributed by atoms with E-state index in [1.807, 2.05) is 19.9 Å². The van der Waals surface area contributed by atoms with E-state index in [0.29, 0.717) is 38.3 Å². The van der Waals surface area contributed by atoms with Crippen molar-refractivity contribution in [2.75, 3.05) is 48.8 Å². The Kier molecular flexibility index (Phi) is 7.62. The number of nitrogens with zero attached hydrogens (tertiary/aromatic N) is 7. The van der Waals surface area contributed by atoms with Gasteiger partial charge in [-0.05, 0) is 66.6 Å². The fraction of sp³-hybridized carbons (Fsp3) is 0.571. The van der Waals surface area contributed by atoms with Gasteiger partial charge in [0.1, 0.15) is 23.7 Å². The van der Waals surface area contributed by atoms with Crippen LogP contribution < -0.4 is 15.5 Å². The number of alkyl halides is 3. The summed E-state index contributed by atoms with van der Waals surface area (Å²) in [4.78, 5) is 30.5. The molecule has 2 aliphatic heterocycles. The van der Waals surface area contributed by atoms with Crippen molar-refractivity contribution in [3.05, 3.63) is 35.6 Å². The highest BCUT2D eigenvalue weighted by Gasteiger charge is 2.43. The van der Waals surface area contributed by atoms with Gasteiger partial charge in [0.05, 0.1) is 22.4 Å². The zero-order valence-electron chi connectivity index (χ0n) is 24.6. The lowest BCUT2D eigenvalue weighted by atomic mass is 9.86. The second-order valence-corrected chi connectivity index (χ2v) is 12.3. The minimum absolute atomic E-state index is 0.00343. The third-order valence-corrected chi connectivity index (χ3v) is 8.15. The molecule has 226 valence electrons. The van der Waals surface area contributed by atoms with Crippen molar-refractivity contribution in [2.45, 2.75) is 70.5 Å². The number of hydrogen-bond acceptors (Lipinski definition) is 10. The Morgan fingerprint density at radius 2 is 1.86 bits per heavy atom. The fourth-order valence-corrected chi connectivity index (χ4v) is 5.22. The second-order valence-electron chi connectivity index (χ2n) is 12.3. The number of anilines is 3. The van der Waals surface area contributed by atoms with Gasteiger partial charge in [-0.2, -0.15) is 13.2 Å². The number of piperidine rings is 1. The van der Waals surface area contributed by atoms with Crippen LogP contribution in [0.2, 0.25) is 0 Å². The third kappa shape index (κ3) is 5.76. The van der Waals surface area contributed by atoms with Crippen LogP contribution in [-0.2, 0) is 16.4 Å². The number of hydrogen-bond donors (Lipinski definition) is 2. The van der Waals surface area contributed by atoms with E-state index in [9.17, 15) is 18.0 Å². The van der Waals surface area contributed by atoms with Gasteiger partial charge in [-0.15, -0.1) is 10.2 Å². The van der Waals surface area contributed by atoms with E-state index in [4.69, 9.17) is 9.40 Å². The van der Waals surface area contributed by atoms with Crippen LogP contribution in [0.1, 0.15) is 70.5 Å². The van der Waals surface area contributed by atoms with Crippen molar-refractivity contribution >= 4 is 23.2 Å². The van der Waals surface area contributed by atoms with E-state index in [1.165, 1.54) is 6.33 Å². The molecule has 0 spiro atoms. The van der Waals surface area contributed by atoms with Gasteiger partial charge < -0.3 is 20.0 Å². The molecule has 2 N–H and O–H groups in total. The summed E-state index contributed by atoms with van der Waals surface area (Å²) in [5.74, 6) is -0.520. The number of fused-ring (bicyclic) bond motifs is 1. The summed E-state index contributed by atoms with van der Waals surface area (Å²) in [5, 5.41) is 13.1. The summed E-state index contributed by atoms with van der Waals surface area (Å²) in [5.41, 5.74) is 1.78. The van der Waals surface area contributed by atoms with Gasteiger partial charge in [-0.1, -0.05) is 0 Å². The number of aromatic nitrogens is 5. The van der Waals surface area contributed by atoms with Crippen LogP contribution in [0.25, 0.3) is 11.6 Å². The number of likely N-dealkylation sites (N-methyl/N-ethyl adjacent to an activating group) is 1. The first-order valence-corrected chi connectivity index (χ1v) is 13.9. The van der Waals surface area contributed by atoms with E-state index in [1.54, 1.807) is 6.07 Å². The van der Waals surface area contributed by atoms with Gasteiger partial charge in [-0.25, -0.2) is 15.0 Å². The highest BCUT2D eigenvalue weighted by atomic mass is 19.4. The lowest BCUT2D eigenvalue weighted by Gasteiger charge is -2.35. The Balaban J connectivity index is 1.39. The van der Waals surface area contributed by atoms with E-state index in [2.05, 4.69) is 68.4 Å². The predicted molar refractivity (Wildman–Crippen MR) is 151 cm³/mol. The maximum absolute atomic E-state index is 13.1. The molecular formula is C28H36F3N9O2. The smallest absolute Gasteiger partial charge is 0.411 e. The van der Waals surface area contributed by atoms with Gasteiger partial charge in [0.25, 0.3) is 5.89 Å². The quantitative estimate of drug-likeness (QED) is 0.402. The van der Waals surface area contributed by atoms with Crippen LogP contribution in [-0.4, -0.2) is 74.7 Å². The molecule has 11 nitrogen and oxygen atoms in total. The Hall–Kier alpha value is -3.81. The van der Waals surface area contributed by atoms with Crippen molar-refractivity contribution in [3.8, 4) is 11.6 Å². The van der Waals surface area contributed by atoms with E-state index in [-0.39, 0.29) is 28.9 Å². The highest BCUT2D eigenvalue weighted by molar-refractivity contribution is 6.06. The van der Waals surface area contributed by atoms with Crippen molar-refractivity contribution in [3.63, 3.8) is 0 Å². The van der Waals surface area contributed by atoms with E-state index in [0.717, 1.165) is 29.3 Å². The molecule has 0 unspecified atom stereocenters. The molecule has 1 saturated heterocycles. The molecule has 5 heterocycles. The minimum Gasteiger partial charge on any atom is -0.411 e. The molecule has 0 saturated carbocycles. The first-order chi connectivity index (χ1) is 19.7. The fourth-order valence-electron chi connectivity index (χ4n) is 5.22. The van der Waals surface area contributed by atoms with Crippen molar-refractivity contribution in [2.24, 2.45) is 0 Å². The second kappa shape index (κ2) is 10.8. The Morgan fingerprint density at radius 3 is 2.50 bits per heavy atom. The Labute approximate surface area is 242 Å². The molecule has 3 aromatic rings. The topological polar surface area (TPSA) is 125 Å². The maximum Gasteiger partial charge on any atom is 0.470 e. The summed E-state index contributed by atoms with van der Waals surface area (Å²) >= 11 is 0. The monoisotopic (exact) mass is 587 g/mol. The molecule has 0 radical (unpaired) electrons. The Bertz CT molecular complexity index is 1460. The van der Waals surface area contributed by atoms with Gasteiger partial charge in [-0.3, -0.25) is 9.69 Å².